The maximum atomic E-state index is 15.1. The average Bonchev–Trinajstić information content (AvgIpc) is 3.31. The normalized spacial score (nSPS) is 24.7. The Kier molecular flexibility index (Phi) is 6.29. The number of carbonyl (C=O) groups is 1. The molecule has 0 saturated heterocycles. The van der Waals surface area contributed by atoms with E-state index < -0.39 is 5.54 Å². The average molecular weight is 512 g/mol. The van der Waals surface area contributed by atoms with Gasteiger partial charge in [-0.2, -0.15) is 0 Å². The molecule has 1 fully saturated rings. The first-order chi connectivity index (χ1) is 17.2. The molecule has 9 nitrogen and oxygen atoms in total. The van der Waals surface area contributed by atoms with Crippen molar-refractivity contribution >= 4 is 22.7 Å². The number of ether oxygens (including phenoxy) is 2. The van der Waals surface area contributed by atoms with Crippen LogP contribution in [-0.4, -0.2) is 44.4 Å². The minimum Gasteiger partial charge on any atom is -0.467 e. The van der Waals surface area contributed by atoms with E-state index in [4.69, 9.17) is 19.6 Å². The molecule has 0 radical (unpaired) electrons. The van der Waals surface area contributed by atoms with Crippen molar-refractivity contribution in [2.45, 2.75) is 43.6 Å². The predicted molar refractivity (Wildman–Crippen MR) is 131 cm³/mol. The summed E-state index contributed by atoms with van der Waals surface area (Å²) in [4.78, 5) is 30.3. The Morgan fingerprint density at radius 2 is 2.19 bits per heavy atom. The molecule has 11 heteroatoms. The van der Waals surface area contributed by atoms with E-state index in [0.29, 0.717) is 34.5 Å². The van der Waals surface area contributed by atoms with E-state index in [9.17, 15) is 4.79 Å². The molecule has 3 aromatic rings. The molecular weight excluding hydrogens is 485 g/mol. The smallest absolute Gasteiger partial charge is 0.233 e. The van der Waals surface area contributed by atoms with Crippen LogP contribution in [0.3, 0.4) is 0 Å². The Morgan fingerprint density at radius 3 is 2.92 bits per heavy atom. The maximum Gasteiger partial charge on any atom is 0.233 e. The molecule has 0 amide bonds. The molecule has 1 saturated carbocycles. The van der Waals surface area contributed by atoms with E-state index in [-0.39, 0.29) is 46.9 Å². The SMILES string of the molecule is COC[C@]12C[C@H]1[C@@](C)(c1cc(CC(=O)c3ncc(OCc4ncco4)nc3C)ccc1F)N=C(N)S2. The number of halogens is 1. The van der Waals surface area contributed by atoms with Gasteiger partial charge < -0.3 is 19.6 Å². The summed E-state index contributed by atoms with van der Waals surface area (Å²) >= 11 is 1.50. The van der Waals surface area contributed by atoms with Crippen LogP contribution in [0.5, 0.6) is 5.88 Å². The zero-order chi connectivity index (χ0) is 25.5. The fraction of sp³-hybridized carbons (Fsp3) is 0.400. The van der Waals surface area contributed by atoms with Crippen molar-refractivity contribution in [1.82, 2.24) is 15.0 Å². The Labute approximate surface area is 211 Å². The number of benzene rings is 1. The van der Waals surface area contributed by atoms with Crippen LogP contribution in [0.25, 0.3) is 0 Å². The first kappa shape index (κ1) is 24.4. The van der Waals surface area contributed by atoms with Crippen molar-refractivity contribution in [3.05, 3.63) is 71.1 Å². The lowest BCUT2D eigenvalue weighted by molar-refractivity contribution is 0.0986. The van der Waals surface area contributed by atoms with Gasteiger partial charge in [-0.1, -0.05) is 17.8 Å². The second-order valence-electron chi connectivity index (χ2n) is 9.23. The fourth-order valence-corrected chi connectivity index (χ4v) is 6.38. The molecule has 2 aromatic heterocycles. The summed E-state index contributed by atoms with van der Waals surface area (Å²) in [5.41, 5.74) is 7.06. The topological polar surface area (TPSA) is 126 Å². The van der Waals surface area contributed by atoms with E-state index in [1.807, 2.05) is 6.92 Å². The molecule has 188 valence electrons. The summed E-state index contributed by atoms with van der Waals surface area (Å²) in [6.45, 7) is 4.21. The number of thioether (sulfide) groups is 1. The third-order valence-corrected chi connectivity index (χ3v) is 7.97. The number of rotatable bonds is 9. The summed E-state index contributed by atoms with van der Waals surface area (Å²) in [5, 5.41) is 0.417. The number of ketones is 1. The summed E-state index contributed by atoms with van der Waals surface area (Å²) in [7, 11) is 1.65. The summed E-state index contributed by atoms with van der Waals surface area (Å²) < 4.78 is 31.0. The van der Waals surface area contributed by atoms with Crippen molar-refractivity contribution in [1.29, 1.82) is 0 Å². The molecule has 3 atom stereocenters. The number of hydrogen-bond acceptors (Lipinski definition) is 10. The second-order valence-corrected chi connectivity index (χ2v) is 10.7. The van der Waals surface area contributed by atoms with Crippen LogP contribution in [0.2, 0.25) is 0 Å². The van der Waals surface area contributed by atoms with Gasteiger partial charge in [-0.3, -0.25) is 9.79 Å². The molecule has 5 rings (SSSR count). The highest BCUT2D eigenvalue weighted by molar-refractivity contribution is 8.15. The molecule has 2 aliphatic rings. The number of aromatic nitrogens is 3. The van der Waals surface area contributed by atoms with Gasteiger partial charge in [0, 0.05) is 25.0 Å². The number of aliphatic imine (C=N–C) groups is 1. The highest BCUT2D eigenvalue weighted by atomic mass is 32.2. The third-order valence-electron chi connectivity index (χ3n) is 6.70. The number of nitrogens with zero attached hydrogens (tertiary/aromatic N) is 4. The van der Waals surface area contributed by atoms with Crippen molar-refractivity contribution in [3.63, 3.8) is 0 Å². The van der Waals surface area contributed by atoms with E-state index in [1.165, 1.54) is 36.5 Å². The molecule has 0 unspecified atom stereocenters. The molecule has 36 heavy (non-hydrogen) atoms. The van der Waals surface area contributed by atoms with Gasteiger partial charge in [-0.25, -0.2) is 19.3 Å². The molecule has 1 aliphatic carbocycles. The number of aryl methyl sites for hydroxylation is 1. The monoisotopic (exact) mass is 511 g/mol. The highest BCUT2D eigenvalue weighted by Gasteiger charge is 2.66. The number of hydrogen-bond donors (Lipinski definition) is 1. The number of oxazole rings is 1. The van der Waals surface area contributed by atoms with Crippen molar-refractivity contribution in [2.75, 3.05) is 13.7 Å². The summed E-state index contributed by atoms with van der Waals surface area (Å²) in [5.74, 6) is 0.139. The Hall–Kier alpha value is -3.31. The largest absolute Gasteiger partial charge is 0.467 e. The lowest BCUT2D eigenvalue weighted by atomic mass is 9.84. The van der Waals surface area contributed by atoms with E-state index in [0.717, 1.165) is 6.42 Å². The van der Waals surface area contributed by atoms with E-state index in [2.05, 4.69) is 19.9 Å². The molecule has 0 bridgehead atoms. The quantitative estimate of drug-likeness (QED) is 0.429. The zero-order valence-corrected chi connectivity index (χ0v) is 21.0. The zero-order valence-electron chi connectivity index (χ0n) is 20.2. The molecule has 3 heterocycles. The van der Waals surface area contributed by atoms with Crippen molar-refractivity contribution < 1.29 is 23.1 Å². The van der Waals surface area contributed by atoms with E-state index in [1.54, 1.807) is 26.2 Å². The number of Topliss-reactive ketones (excluding diaryl/α,β-unsaturated/α-hetero) is 1. The van der Waals surface area contributed by atoms with Crippen LogP contribution in [0.4, 0.5) is 4.39 Å². The van der Waals surface area contributed by atoms with Gasteiger partial charge >= 0.3 is 0 Å². The summed E-state index contributed by atoms with van der Waals surface area (Å²) in [6, 6.07) is 4.71. The minimum absolute atomic E-state index is 0.0389. The number of methoxy groups -OCH3 is 1. The van der Waals surface area contributed by atoms with Crippen LogP contribution < -0.4 is 10.5 Å². The number of carbonyl (C=O) groups excluding carboxylic acids is 1. The highest BCUT2D eigenvalue weighted by Crippen LogP contribution is 2.65. The fourth-order valence-electron chi connectivity index (χ4n) is 4.93. The molecule has 2 N–H and O–H groups in total. The van der Waals surface area contributed by atoms with Gasteiger partial charge in [0.15, 0.2) is 17.6 Å². The van der Waals surface area contributed by atoms with Crippen LogP contribution >= 0.6 is 11.8 Å². The van der Waals surface area contributed by atoms with Crippen LogP contribution in [0.15, 0.2) is 46.3 Å². The Bertz CT molecular complexity index is 1330. The van der Waals surface area contributed by atoms with Crippen molar-refractivity contribution in [3.8, 4) is 5.88 Å². The summed E-state index contributed by atoms with van der Waals surface area (Å²) in [6.07, 6.45) is 5.23. The first-order valence-electron chi connectivity index (χ1n) is 11.4. The second kappa shape index (κ2) is 9.29. The molecule has 0 spiro atoms. The molecular formula is C25H26FN5O4S. The number of fused-ring (bicyclic) bond motifs is 1. The van der Waals surface area contributed by atoms with Gasteiger partial charge in [-0.15, -0.1) is 0 Å². The third kappa shape index (κ3) is 4.48. The number of nitrogens with two attached hydrogens (primary N) is 1. The lowest BCUT2D eigenvalue weighted by Gasteiger charge is -2.34. The van der Waals surface area contributed by atoms with Gasteiger partial charge in [0.05, 0.1) is 35.0 Å². The Morgan fingerprint density at radius 1 is 1.36 bits per heavy atom. The standard InChI is InChI=1S/C25H26FN5O4S/c1-14-22(29-11-20(30-14)35-12-21-28-6-7-34-21)18(32)9-15-4-5-17(26)16(8-15)24(2)19-10-25(19,13-33-3)36-23(27)31-24/h4-8,11,19H,9-10,12-13H2,1-3H3,(H2,27,31)/t19-,24+,25+/m0/s1. The first-order valence-corrected chi connectivity index (χ1v) is 12.3. The minimum atomic E-state index is -0.839. The van der Waals surface area contributed by atoms with Crippen molar-refractivity contribution in [2.24, 2.45) is 16.6 Å². The molecule has 1 aromatic carbocycles. The van der Waals surface area contributed by atoms with Gasteiger partial charge in [0.2, 0.25) is 11.8 Å². The predicted octanol–water partition coefficient (Wildman–Crippen LogP) is 3.60. The van der Waals surface area contributed by atoms with Gasteiger partial charge in [0.25, 0.3) is 0 Å². The van der Waals surface area contributed by atoms with Gasteiger partial charge in [0.1, 0.15) is 17.8 Å². The molecule has 1 aliphatic heterocycles. The number of amidine groups is 1. The van der Waals surface area contributed by atoms with Gasteiger partial charge in [-0.05, 0) is 38.0 Å². The van der Waals surface area contributed by atoms with E-state index >= 15 is 4.39 Å². The van der Waals surface area contributed by atoms with Crippen LogP contribution in [0.1, 0.15) is 46.5 Å². The van der Waals surface area contributed by atoms with Crippen LogP contribution in [0, 0.1) is 18.7 Å². The maximum absolute atomic E-state index is 15.1. The Balaban J connectivity index is 1.34. The lowest BCUT2D eigenvalue weighted by Crippen LogP contribution is -2.37. The van der Waals surface area contributed by atoms with Crippen LogP contribution in [-0.2, 0) is 23.3 Å².